The van der Waals surface area contributed by atoms with Crippen LogP contribution in [0.4, 0.5) is 8.78 Å². The number of hydrogen-bond acceptors (Lipinski definition) is 5. The van der Waals surface area contributed by atoms with Gasteiger partial charge in [0.15, 0.2) is 5.75 Å². The van der Waals surface area contributed by atoms with E-state index in [1.54, 1.807) is 6.92 Å². The van der Waals surface area contributed by atoms with E-state index in [-0.39, 0.29) is 39.6 Å². The Balaban J connectivity index is 2.25. The summed E-state index contributed by atoms with van der Waals surface area (Å²) in [5.41, 5.74) is -0.406. The van der Waals surface area contributed by atoms with Crippen LogP contribution in [0, 0.1) is 11.6 Å². The van der Waals surface area contributed by atoms with Crippen molar-refractivity contribution in [3.63, 3.8) is 0 Å². The smallest absolute Gasteiger partial charge is 0.343 e. The van der Waals surface area contributed by atoms with Crippen LogP contribution in [0.5, 0.6) is 11.5 Å². The maximum absolute atomic E-state index is 14.4. The number of halogens is 3. The number of fused-ring (bicyclic) bond motifs is 1. The highest BCUT2D eigenvalue weighted by atomic mass is 35.5. The zero-order valence-electron chi connectivity index (χ0n) is 12.9. The molecule has 0 bridgehead atoms. The second-order valence-corrected chi connectivity index (χ2v) is 5.35. The van der Waals surface area contributed by atoms with Crippen molar-refractivity contribution < 1.29 is 23.0 Å². The van der Waals surface area contributed by atoms with Crippen molar-refractivity contribution in [2.75, 3.05) is 6.61 Å². The predicted octanol–water partition coefficient (Wildman–Crippen LogP) is 4.53. The number of aromatic nitrogens is 2. The van der Waals surface area contributed by atoms with Gasteiger partial charge in [-0.1, -0.05) is 11.6 Å². The fourth-order valence-electron chi connectivity index (χ4n) is 2.23. The van der Waals surface area contributed by atoms with Crippen LogP contribution in [0.2, 0.25) is 5.02 Å². The summed E-state index contributed by atoms with van der Waals surface area (Å²) in [5, 5.41) is 0.00530. The fraction of sp³-hybridized carbons (Fsp3) is 0.118. The third-order valence-corrected chi connectivity index (χ3v) is 3.47. The van der Waals surface area contributed by atoms with Gasteiger partial charge in [-0.15, -0.1) is 0 Å². The van der Waals surface area contributed by atoms with Gasteiger partial charge >= 0.3 is 5.97 Å². The summed E-state index contributed by atoms with van der Waals surface area (Å²) in [7, 11) is 0. The van der Waals surface area contributed by atoms with E-state index in [1.807, 2.05) is 0 Å². The van der Waals surface area contributed by atoms with Crippen LogP contribution in [-0.2, 0) is 4.74 Å². The number of rotatable bonds is 4. The van der Waals surface area contributed by atoms with Gasteiger partial charge in [0.25, 0.3) is 0 Å². The van der Waals surface area contributed by atoms with Gasteiger partial charge in [-0.05, 0) is 19.1 Å². The lowest BCUT2D eigenvalue weighted by atomic mass is 10.1. The summed E-state index contributed by atoms with van der Waals surface area (Å²) in [4.78, 5) is 19.8. The summed E-state index contributed by atoms with van der Waals surface area (Å²) in [6.45, 7) is 1.72. The largest absolute Gasteiger partial charge is 0.462 e. The first kappa shape index (κ1) is 17.0. The molecule has 128 valence electrons. The fourth-order valence-corrected chi connectivity index (χ4v) is 2.40. The maximum atomic E-state index is 14.4. The maximum Gasteiger partial charge on any atom is 0.343 e. The Bertz CT molecular complexity index is 966. The van der Waals surface area contributed by atoms with E-state index >= 15 is 0 Å². The molecule has 0 amide bonds. The molecule has 0 spiro atoms. The Morgan fingerprint density at radius 3 is 2.68 bits per heavy atom. The monoisotopic (exact) mass is 364 g/mol. The minimum Gasteiger partial charge on any atom is -0.462 e. The van der Waals surface area contributed by atoms with E-state index in [4.69, 9.17) is 21.1 Å². The van der Waals surface area contributed by atoms with Crippen LogP contribution >= 0.6 is 11.6 Å². The quantitative estimate of drug-likeness (QED) is 0.636. The molecular weight excluding hydrogens is 354 g/mol. The number of ether oxygens (including phenoxy) is 2. The van der Waals surface area contributed by atoms with Gasteiger partial charge in [0.1, 0.15) is 28.5 Å². The zero-order chi connectivity index (χ0) is 18.0. The molecular formula is C17H11ClF2N2O3. The van der Waals surface area contributed by atoms with E-state index in [0.717, 1.165) is 18.3 Å². The Morgan fingerprint density at radius 2 is 1.96 bits per heavy atom. The molecule has 25 heavy (non-hydrogen) atoms. The number of pyridine rings is 2. The Morgan fingerprint density at radius 1 is 1.20 bits per heavy atom. The van der Waals surface area contributed by atoms with Crippen molar-refractivity contribution in [3.05, 3.63) is 59.0 Å². The summed E-state index contributed by atoms with van der Waals surface area (Å²) < 4.78 is 38.9. The third kappa shape index (κ3) is 3.36. The van der Waals surface area contributed by atoms with Crippen LogP contribution in [0.3, 0.4) is 0 Å². The molecule has 0 N–H and O–H groups in total. The van der Waals surface area contributed by atoms with Crippen molar-refractivity contribution >= 4 is 28.5 Å². The first-order chi connectivity index (χ1) is 12.0. The summed E-state index contributed by atoms with van der Waals surface area (Å²) in [6.07, 6.45) is 3.78. The van der Waals surface area contributed by atoms with Crippen LogP contribution in [0.15, 0.2) is 36.8 Å². The third-order valence-electron chi connectivity index (χ3n) is 3.27. The summed E-state index contributed by atoms with van der Waals surface area (Å²) in [5.74, 6) is -2.38. The minimum absolute atomic E-state index is 0.0979. The lowest BCUT2D eigenvalue weighted by Crippen LogP contribution is -2.08. The van der Waals surface area contributed by atoms with Gasteiger partial charge in [-0.3, -0.25) is 9.97 Å². The average molecular weight is 365 g/mol. The number of benzene rings is 1. The highest BCUT2D eigenvalue weighted by molar-refractivity contribution is 6.30. The molecule has 0 saturated heterocycles. The molecule has 0 aliphatic rings. The molecule has 1 aromatic carbocycles. The number of esters is 1. The van der Waals surface area contributed by atoms with Gasteiger partial charge < -0.3 is 9.47 Å². The predicted molar refractivity (Wildman–Crippen MR) is 86.9 cm³/mol. The second-order valence-electron chi connectivity index (χ2n) is 4.92. The van der Waals surface area contributed by atoms with Crippen molar-refractivity contribution in [1.82, 2.24) is 9.97 Å². The highest BCUT2D eigenvalue weighted by Crippen LogP contribution is 2.36. The molecule has 2 heterocycles. The molecule has 0 fully saturated rings. The molecule has 5 nitrogen and oxygen atoms in total. The molecule has 8 heteroatoms. The number of nitrogens with zero attached hydrogens (tertiary/aromatic N) is 2. The van der Waals surface area contributed by atoms with Crippen molar-refractivity contribution in [2.45, 2.75) is 6.92 Å². The van der Waals surface area contributed by atoms with Crippen LogP contribution in [0.1, 0.15) is 17.3 Å². The minimum atomic E-state index is -0.792. The van der Waals surface area contributed by atoms with E-state index in [9.17, 15) is 13.6 Å². The van der Waals surface area contributed by atoms with E-state index in [1.165, 1.54) is 18.5 Å². The van der Waals surface area contributed by atoms with Crippen molar-refractivity contribution in [2.24, 2.45) is 0 Å². The molecule has 0 aliphatic carbocycles. The summed E-state index contributed by atoms with van der Waals surface area (Å²) >= 11 is 5.86. The Hall–Kier alpha value is -2.80. The zero-order valence-corrected chi connectivity index (χ0v) is 13.7. The normalized spacial score (nSPS) is 10.7. The second kappa shape index (κ2) is 6.98. The summed E-state index contributed by atoms with van der Waals surface area (Å²) in [6, 6.07) is 3.30. The molecule has 3 aromatic rings. The van der Waals surface area contributed by atoms with Gasteiger partial charge in [-0.25, -0.2) is 13.6 Å². The molecule has 2 aromatic heterocycles. The highest BCUT2D eigenvalue weighted by Gasteiger charge is 2.23. The SMILES string of the molecule is CCOC(=O)c1cnc2c(F)ccc(F)c2c1Oc1cncc(Cl)c1. The van der Waals surface area contributed by atoms with Gasteiger partial charge in [0, 0.05) is 18.5 Å². The Kier molecular flexibility index (Phi) is 4.76. The number of carbonyl (C=O) groups is 1. The van der Waals surface area contributed by atoms with E-state index in [2.05, 4.69) is 9.97 Å². The van der Waals surface area contributed by atoms with Gasteiger partial charge in [0.05, 0.1) is 23.2 Å². The molecule has 0 atom stereocenters. The van der Waals surface area contributed by atoms with Crippen molar-refractivity contribution in [1.29, 1.82) is 0 Å². The standard InChI is InChI=1S/C17H11ClF2N2O3/c1-2-24-17(23)11-8-22-15-13(20)4-3-12(19)14(15)16(11)25-10-5-9(18)6-21-7-10/h3-8H,2H2,1H3. The molecule has 0 saturated carbocycles. The van der Waals surface area contributed by atoms with Crippen LogP contribution in [0.25, 0.3) is 10.9 Å². The van der Waals surface area contributed by atoms with Crippen molar-refractivity contribution in [3.8, 4) is 11.5 Å². The molecule has 0 radical (unpaired) electrons. The van der Waals surface area contributed by atoms with Gasteiger partial charge in [-0.2, -0.15) is 0 Å². The molecule has 0 unspecified atom stereocenters. The Labute approximate surface area is 146 Å². The van der Waals surface area contributed by atoms with E-state index in [0.29, 0.717) is 0 Å². The average Bonchev–Trinajstić information content (AvgIpc) is 2.58. The number of carbonyl (C=O) groups excluding carboxylic acids is 1. The lowest BCUT2D eigenvalue weighted by molar-refractivity contribution is 0.0523. The van der Waals surface area contributed by atoms with Crippen LogP contribution in [-0.4, -0.2) is 22.5 Å². The first-order valence-corrected chi connectivity index (χ1v) is 7.61. The van der Waals surface area contributed by atoms with Gasteiger partial charge in [0.2, 0.25) is 0 Å². The topological polar surface area (TPSA) is 61.3 Å². The van der Waals surface area contributed by atoms with Crippen LogP contribution < -0.4 is 4.74 Å². The molecule has 0 aliphatic heterocycles. The van der Waals surface area contributed by atoms with E-state index < -0.39 is 17.6 Å². The number of hydrogen-bond donors (Lipinski definition) is 0. The first-order valence-electron chi connectivity index (χ1n) is 7.23. The lowest BCUT2D eigenvalue weighted by Gasteiger charge is -2.13. The molecule has 3 rings (SSSR count).